The lowest BCUT2D eigenvalue weighted by atomic mass is 9.94. The van der Waals surface area contributed by atoms with Gasteiger partial charge in [0, 0.05) is 34.5 Å². The molecule has 8 rings (SSSR count). The van der Waals surface area contributed by atoms with E-state index in [-0.39, 0.29) is 0 Å². The highest BCUT2D eigenvalue weighted by Gasteiger charge is 2.27. The molecule has 2 heterocycles. The molecule has 2 aromatic heterocycles. The van der Waals surface area contributed by atoms with E-state index in [2.05, 4.69) is 76.4 Å². The number of fused-ring (bicyclic) bond motifs is 5. The van der Waals surface area contributed by atoms with Gasteiger partial charge in [-0.05, 0) is 71.1 Å². The van der Waals surface area contributed by atoms with E-state index >= 15 is 0 Å². The van der Waals surface area contributed by atoms with E-state index in [0.717, 1.165) is 102 Å². The lowest BCUT2D eigenvalue weighted by molar-refractivity contribution is 0.309. The lowest BCUT2D eigenvalue weighted by Gasteiger charge is -2.16. The molecule has 1 N–H and O–H groups in total. The number of methoxy groups -OCH3 is 4. The van der Waals surface area contributed by atoms with Crippen LogP contribution in [0.3, 0.4) is 0 Å². The lowest BCUT2D eigenvalue weighted by Crippen LogP contribution is -2.02. The number of aryl methyl sites for hydroxylation is 2. The molecule has 0 saturated heterocycles. The zero-order valence-corrected chi connectivity index (χ0v) is 29.7. The van der Waals surface area contributed by atoms with Crippen molar-refractivity contribution in [3.63, 3.8) is 0 Å². The summed E-state index contributed by atoms with van der Waals surface area (Å²) >= 11 is 0. The highest BCUT2D eigenvalue weighted by molar-refractivity contribution is 6.29. The summed E-state index contributed by atoms with van der Waals surface area (Å²) in [4.78, 5) is 3.79. The first-order valence-electron chi connectivity index (χ1n) is 17.4. The number of rotatable bonds is 12. The zero-order valence-electron chi connectivity index (χ0n) is 29.7. The van der Waals surface area contributed by atoms with Crippen LogP contribution in [0.5, 0.6) is 28.7 Å². The minimum atomic E-state index is 0.456. The van der Waals surface area contributed by atoms with Crippen molar-refractivity contribution in [2.45, 2.75) is 19.6 Å². The molecule has 0 radical (unpaired) electrons. The van der Waals surface area contributed by atoms with Crippen molar-refractivity contribution in [2.24, 2.45) is 0 Å². The molecule has 260 valence electrons. The van der Waals surface area contributed by atoms with E-state index in [0.29, 0.717) is 6.61 Å². The van der Waals surface area contributed by atoms with Crippen LogP contribution < -0.4 is 23.7 Å². The van der Waals surface area contributed by atoms with Gasteiger partial charge in [-0.1, -0.05) is 78.9 Å². The van der Waals surface area contributed by atoms with Crippen LogP contribution in [0.25, 0.3) is 55.0 Å². The van der Waals surface area contributed by atoms with Gasteiger partial charge in [-0.3, -0.25) is 0 Å². The Labute approximate surface area is 302 Å². The average molecular weight is 689 g/mol. The molecular weight excluding hydrogens is 649 g/mol. The van der Waals surface area contributed by atoms with E-state index in [9.17, 15) is 0 Å². The first kappa shape index (κ1) is 32.8. The quantitative estimate of drug-likeness (QED) is 0.138. The Hall–Kier alpha value is -6.34. The first-order valence-corrected chi connectivity index (χ1v) is 17.4. The van der Waals surface area contributed by atoms with Gasteiger partial charge in [0.1, 0.15) is 29.6 Å². The maximum atomic E-state index is 6.50. The summed E-state index contributed by atoms with van der Waals surface area (Å²) < 4.78 is 31.8. The van der Waals surface area contributed by atoms with Crippen molar-refractivity contribution in [3.05, 3.63) is 139 Å². The Morgan fingerprint density at radius 2 is 1.19 bits per heavy atom. The maximum Gasteiger partial charge on any atom is 0.152 e. The number of hydrogen-bond donors (Lipinski definition) is 1. The molecule has 0 aliphatic carbocycles. The minimum absolute atomic E-state index is 0.456. The summed E-state index contributed by atoms with van der Waals surface area (Å²) in [6.45, 7) is 1.20. The second-order valence-electron chi connectivity index (χ2n) is 12.8. The third-order valence-electron chi connectivity index (χ3n) is 9.84. The Kier molecular flexibility index (Phi) is 8.91. The molecule has 6 aromatic carbocycles. The molecule has 0 aliphatic heterocycles. The highest BCUT2D eigenvalue weighted by Crippen LogP contribution is 2.51. The topological polar surface area (TPSA) is 66.9 Å². The van der Waals surface area contributed by atoms with Gasteiger partial charge in [-0.15, -0.1) is 0 Å². The number of hydrogen-bond acceptors (Lipinski definition) is 5. The van der Waals surface area contributed by atoms with E-state index < -0.39 is 0 Å². The van der Waals surface area contributed by atoms with E-state index in [1.807, 2.05) is 60.7 Å². The Morgan fingerprint density at radius 3 is 1.83 bits per heavy atom. The normalized spacial score (nSPS) is 11.3. The van der Waals surface area contributed by atoms with Gasteiger partial charge in [0.2, 0.25) is 0 Å². The Bertz CT molecular complexity index is 2480. The average Bonchev–Trinajstić information content (AvgIpc) is 3.78. The van der Waals surface area contributed by atoms with Gasteiger partial charge in [-0.25, -0.2) is 0 Å². The van der Waals surface area contributed by atoms with Gasteiger partial charge >= 0.3 is 0 Å². The minimum Gasteiger partial charge on any atom is -0.497 e. The van der Waals surface area contributed by atoms with Crippen LogP contribution in [0, 0.1) is 0 Å². The van der Waals surface area contributed by atoms with Crippen LogP contribution in [-0.4, -0.2) is 38.0 Å². The van der Waals surface area contributed by atoms with E-state index in [1.54, 1.807) is 28.4 Å². The van der Waals surface area contributed by atoms with Crippen LogP contribution in [0.15, 0.2) is 128 Å². The second kappa shape index (κ2) is 14.1. The number of nitrogens with one attached hydrogen (secondary N) is 1. The monoisotopic (exact) mass is 688 g/mol. The van der Waals surface area contributed by atoms with Gasteiger partial charge in [-0.2, -0.15) is 0 Å². The zero-order chi connectivity index (χ0) is 35.6. The van der Waals surface area contributed by atoms with Crippen molar-refractivity contribution in [2.75, 3.05) is 28.4 Å². The molecule has 0 amide bonds. The number of benzene rings is 6. The molecule has 7 nitrogen and oxygen atoms in total. The second-order valence-corrected chi connectivity index (χ2v) is 12.8. The SMILES string of the molecule is COc1ccc(CCn2cc(-c3ccc(OC)cc3)c3c4c([nH]c5c(OCc6ccccc6)cccc54)c(OC)c(-c4ccc(OC)cc4)c32)cc1. The molecule has 0 aliphatic rings. The van der Waals surface area contributed by atoms with Crippen molar-refractivity contribution in [3.8, 4) is 51.0 Å². The number of nitrogens with zero attached hydrogens (tertiary/aromatic N) is 1. The fourth-order valence-electron chi connectivity index (χ4n) is 7.22. The fourth-order valence-corrected chi connectivity index (χ4v) is 7.22. The van der Waals surface area contributed by atoms with Gasteiger partial charge in [0.05, 0.1) is 50.6 Å². The van der Waals surface area contributed by atoms with Crippen molar-refractivity contribution >= 4 is 32.7 Å². The predicted molar refractivity (Wildman–Crippen MR) is 209 cm³/mol. The van der Waals surface area contributed by atoms with Crippen LogP contribution in [0.4, 0.5) is 0 Å². The Morgan fingerprint density at radius 1 is 0.558 bits per heavy atom. The van der Waals surface area contributed by atoms with E-state index in [4.69, 9.17) is 23.7 Å². The number of aromatic nitrogens is 2. The summed E-state index contributed by atoms with van der Waals surface area (Å²) in [5.74, 6) is 3.99. The number of para-hydroxylation sites is 1. The number of ether oxygens (including phenoxy) is 5. The van der Waals surface area contributed by atoms with Crippen LogP contribution in [0.2, 0.25) is 0 Å². The third-order valence-corrected chi connectivity index (χ3v) is 9.84. The fraction of sp³-hybridized carbons (Fsp3) is 0.156. The van der Waals surface area contributed by atoms with Crippen molar-refractivity contribution in [1.29, 1.82) is 0 Å². The predicted octanol–water partition coefficient (Wildman–Crippen LogP) is 10.5. The van der Waals surface area contributed by atoms with Crippen molar-refractivity contribution in [1.82, 2.24) is 9.55 Å². The molecule has 0 fully saturated rings. The summed E-state index contributed by atoms with van der Waals surface area (Å²) in [5, 5.41) is 3.28. The first-order chi connectivity index (χ1) is 25.6. The molecule has 0 spiro atoms. The molecular formula is C45H40N2O5. The molecule has 52 heavy (non-hydrogen) atoms. The molecule has 0 bridgehead atoms. The third kappa shape index (κ3) is 5.94. The summed E-state index contributed by atoms with van der Waals surface area (Å²) in [7, 11) is 6.83. The standard InChI is InChI=1S/C45H40N2O5/c1-48-33-19-13-29(14-20-33)25-26-47-27-37(31-15-21-34(49-2)22-16-31)41-40-36-11-8-12-38(52-28-30-9-6-5-7-10-30)42(36)46-43(40)45(51-4)39(44(41)47)32-17-23-35(50-3)24-18-32/h5-24,27,46H,25-26,28H2,1-4H3. The van der Waals surface area contributed by atoms with Crippen molar-refractivity contribution < 1.29 is 23.7 Å². The molecule has 0 atom stereocenters. The number of H-pyrrole nitrogens is 1. The molecule has 7 heteroatoms. The molecule has 0 unspecified atom stereocenters. The van der Waals surface area contributed by atoms with E-state index in [1.165, 1.54) is 5.56 Å². The summed E-state index contributed by atoms with van der Waals surface area (Å²) in [6.07, 6.45) is 3.11. The largest absolute Gasteiger partial charge is 0.497 e. The van der Waals surface area contributed by atoms with Gasteiger partial charge in [0.15, 0.2) is 5.75 Å². The summed E-state index contributed by atoms with van der Waals surface area (Å²) in [5.41, 5.74) is 9.48. The van der Waals surface area contributed by atoms with Crippen LogP contribution >= 0.6 is 0 Å². The smallest absolute Gasteiger partial charge is 0.152 e. The number of aromatic amines is 1. The molecule has 0 saturated carbocycles. The van der Waals surface area contributed by atoms with Crippen LogP contribution in [-0.2, 0) is 19.6 Å². The van der Waals surface area contributed by atoms with Gasteiger partial charge in [0.25, 0.3) is 0 Å². The highest BCUT2D eigenvalue weighted by atomic mass is 16.5. The molecule has 8 aromatic rings. The summed E-state index contributed by atoms with van der Waals surface area (Å²) in [6, 6.07) is 41.3. The Balaban J connectivity index is 1.42. The van der Waals surface area contributed by atoms with Gasteiger partial charge < -0.3 is 33.2 Å². The maximum absolute atomic E-state index is 6.50. The van der Waals surface area contributed by atoms with Crippen LogP contribution in [0.1, 0.15) is 11.1 Å².